The minimum absolute atomic E-state index is 0.103. The zero-order valence-electron chi connectivity index (χ0n) is 12.5. The first-order valence-corrected chi connectivity index (χ1v) is 6.87. The number of nitrogens with zero attached hydrogens (tertiary/aromatic N) is 2. The number of carbonyl (C=O) groups excluding carboxylic acids is 1. The van der Waals surface area contributed by atoms with Crippen molar-refractivity contribution in [3.63, 3.8) is 0 Å². The molecule has 1 aromatic heterocycles. The highest BCUT2D eigenvalue weighted by Gasteiger charge is 2.10. The Morgan fingerprint density at radius 3 is 2.23 bits per heavy atom. The van der Waals surface area contributed by atoms with Crippen LogP contribution in [0.1, 0.15) is 37.7 Å². The van der Waals surface area contributed by atoms with Gasteiger partial charge in [0.15, 0.2) is 5.69 Å². The van der Waals surface area contributed by atoms with Gasteiger partial charge in [-0.05, 0) is 37.0 Å². The van der Waals surface area contributed by atoms with E-state index < -0.39 is 5.97 Å². The summed E-state index contributed by atoms with van der Waals surface area (Å²) in [6.45, 7) is 4.56. The van der Waals surface area contributed by atoms with Crippen LogP contribution >= 0.6 is 0 Å². The average molecular weight is 299 g/mol. The maximum absolute atomic E-state index is 11.9. The Kier molecular flexibility index (Phi) is 4.83. The van der Waals surface area contributed by atoms with Crippen molar-refractivity contribution in [1.29, 1.82) is 0 Å². The molecule has 0 atom stereocenters. The third-order valence-electron chi connectivity index (χ3n) is 3.41. The fourth-order valence-electron chi connectivity index (χ4n) is 2.19. The second-order valence-electron chi connectivity index (χ2n) is 4.97. The van der Waals surface area contributed by atoms with Crippen LogP contribution in [0.2, 0.25) is 0 Å². The number of amides is 1. The van der Waals surface area contributed by atoms with Crippen molar-refractivity contribution in [2.75, 3.05) is 6.54 Å². The van der Waals surface area contributed by atoms with Gasteiger partial charge >= 0.3 is 5.97 Å². The van der Waals surface area contributed by atoms with Gasteiger partial charge in [0.2, 0.25) is 0 Å². The molecule has 2 aromatic rings. The summed E-state index contributed by atoms with van der Waals surface area (Å²) in [6, 6.07) is 6.09. The van der Waals surface area contributed by atoms with E-state index >= 15 is 0 Å². The molecular formula is C16H17N3O3. The number of carbonyl (C=O) groups is 2. The molecule has 114 valence electrons. The van der Waals surface area contributed by atoms with Gasteiger partial charge in [-0.25, -0.2) is 14.8 Å². The Bertz CT molecular complexity index is 676. The largest absolute Gasteiger partial charge is 0.476 e. The topological polar surface area (TPSA) is 92.2 Å². The Balaban J connectivity index is 1.94. The van der Waals surface area contributed by atoms with Crippen molar-refractivity contribution in [1.82, 2.24) is 15.3 Å². The van der Waals surface area contributed by atoms with Crippen LogP contribution in [0, 0.1) is 13.8 Å². The minimum atomic E-state index is -1.17. The van der Waals surface area contributed by atoms with E-state index in [1.165, 1.54) is 16.7 Å². The van der Waals surface area contributed by atoms with Crippen molar-refractivity contribution < 1.29 is 14.7 Å². The van der Waals surface area contributed by atoms with Crippen LogP contribution in [0.4, 0.5) is 0 Å². The Morgan fingerprint density at radius 2 is 1.68 bits per heavy atom. The van der Waals surface area contributed by atoms with Gasteiger partial charge in [-0.2, -0.15) is 0 Å². The lowest BCUT2D eigenvalue weighted by atomic mass is 10.0. The maximum Gasteiger partial charge on any atom is 0.356 e. The van der Waals surface area contributed by atoms with Crippen LogP contribution < -0.4 is 5.32 Å². The fraction of sp³-hybridized carbons (Fsp3) is 0.250. The van der Waals surface area contributed by atoms with Gasteiger partial charge < -0.3 is 10.4 Å². The summed E-state index contributed by atoms with van der Waals surface area (Å²) >= 11 is 0. The number of carboxylic acids is 1. The average Bonchev–Trinajstić information content (AvgIpc) is 2.50. The molecule has 2 N–H and O–H groups in total. The highest BCUT2D eigenvalue weighted by atomic mass is 16.4. The molecule has 1 aromatic carbocycles. The number of aromatic nitrogens is 2. The summed E-state index contributed by atoms with van der Waals surface area (Å²) in [7, 11) is 0. The number of aromatic carboxylic acids is 1. The normalized spacial score (nSPS) is 10.3. The van der Waals surface area contributed by atoms with Gasteiger partial charge in [0.05, 0.1) is 12.4 Å². The molecule has 0 saturated heterocycles. The third kappa shape index (κ3) is 3.66. The number of carboxylic acid groups (broad SMARTS) is 1. The summed E-state index contributed by atoms with van der Waals surface area (Å²) in [5.74, 6) is -1.54. The van der Waals surface area contributed by atoms with Crippen LogP contribution in [0.25, 0.3) is 0 Å². The SMILES string of the molecule is Cc1cccc(C)c1CCNC(=O)c1cnc(C(=O)O)cn1. The second kappa shape index (κ2) is 6.80. The summed E-state index contributed by atoms with van der Waals surface area (Å²) in [5, 5.41) is 11.5. The number of hydrogen-bond donors (Lipinski definition) is 2. The smallest absolute Gasteiger partial charge is 0.356 e. The van der Waals surface area contributed by atoms with Crippen molar-refractivity contribution in [3.8, 4) is 0 Å². The second-order valence-corrected chi connectivity index (χ2v) is 4.97. The minimum Gasteiger partial charge on any atom is -0.476 e. The Labute approximate surface area is 128 Å². The number of benzene rings is 1. The molecule has 22 heavy (non-hydrogen) atoms. The first kappa shape index (κ1) is 15.6. The Hall–Kier alpha value is -2.76. The summed E-state index contributed by atoms with van der Waals surface area (Å²) in [4.78, 5) is 30.1. The van der Waals surface area contributed by atoms with Gasteiger partial charge in [-0.3, -0.25) is 4.79 Å². The van der Waals surface area contributed by atoms with Crippen molar-refractivity contribution in [2.24, 2.45) is 0 Å². The fourth-order valence-corrected chi connectivity index (χ4v) is 2.19. The van der Waals surface area contributed by atoms with Crippen LogP contribution in [0.15, 0.2) is 30.6 Å². The molecule has 6 nitrogen and oxygen atoms in total. The van der Waals surface area contributed by atoms with Gasteiger partial charge in [0, 0.05) is 6.54 Å². The molecular weight excluding hydrogens is 282 g/mol. The van der Waals surface area contributed by atoms with Gasteiger partial charge in [-0.15, -0.1) is 0 Å². The molecule has 0 bridgehead atoms. The lowest BCUT2D eigenvalue weighted by molar-refractivity contribution is 0.0689. The van der Waals surface area contributed by atoms with Crippen LogP contribution in [-0.4, -0.2) is 33.5 Å². The lowest BCUT2D eigenvalue weighted by Gasteiger charge is -2.10. The first-order valence-electron chi connectivity index (χ1n) is 6.87. The zero-order valence-corrected chi connectivity index (χ0v) is 12.5. The van der Waals surface area contributed by atoms with Crippen molar-refractivity contribution >= 4 is 11.9 Å². The Morgan fingerprint density at radius 1 is 1.09 bits per heavy atom. The predicted octanol–water partition coefficient (Wildman–Crippen LogP) is 1.76. The third-order valence-corrected chi connectivity index (χ3v) is 3.41. The van der Waals surface area contributed by atoms with E-state index in [4.69, 9.17) is 5.11 Å². The lowest BCUT2D eigenvalue weighted by Crippen LogP contribution is -2.27. The molecule has 0 fully saturated rings. The molecule has 0 spiro atoms. The van der Waals surface area contributed by atoms with E-state index in [0.29, 0.717) is 6.54 Å². The molecule has 6 heteroatoms. The molecule has 0 unspecified atom stereocenters. The van der Waals surface area contributed by atoms with E-state index in [-0.39, 0.29) is 17.3 Å². The first-order chi connectivity index (χ1) is 10.5. The number of nitrogens with one attached hydrogen (secondary N) is 1. The van der Waals surface area contributed by atoms with Gasteiger partial charge in [-0.1, -0.05) is 18.2 Å². The summed E-state index contributed by atoms with van der Waals surface area (Å²) in [6.07, 6.45) is 2.96. The van der Waals surface area contributed by atoms with Gasteiger partial charge in [0.1, 0.15) is 5.69 Å². The number of hydrogen-bond acceptors (Lipinski definition) is 4. The summed E-state index contributed by atoms with van der Waals surface area (Å²) in [5.41, 5.74) is 3.52. The monoisotopic (exact) mass is 299 g/mol. The highest BCUT2D eigenvalue weighted by Crippen LogP contribution is 2.13. The number of rotatable bonds is 5. The quantitative estimate of drug-likeness (QED) is 0.877. The predicted molar refractivity (Wildman–Crippen MR) is 80.9 cm³/mol. The number of aryl methyl sites for hydroxylation is 2. The van der Waals surface area contributed by atoms with Crippen LogP contribution in [0.3, 0.4) is 0 Å². The summed E-state index contributed by atoms with van der Waals surface area (Å²) < 4.78 is 0. The van der Waals surface area contributed by atoms with Crippen molar-refractivity contribution in [3.05, 3.63) is 58.7 Å². The zero-order chi connectivity index (χ0) is 16.1. The molecule has 0 saturated carbocycles. The standard InChI is InChI=1S/C16H17N3O3/c1-10-4-3-5-11(2)12(10)6-7-17-15(20)13-8-19-14(9-18-13)16(21)22/h3-5,8-9H,6-7H2,1-2H3,(H,17,20)(H,21,22). The van der Waals surface area contributed by atoms with Crippen LogP contribution in [-0.2, 0) is 6.42 Å². The highest BCUT2D eigenvalue weighted by molar-refractivity contribution is 5.92. The van der Waals surface area contributed by atoms with E-state index in [0.717, 1.165) is 18.8 Å². The van der Waals surface area contributed by atoms with Crippen molar-refractivity contribution in [2.45, 2.75) is 20.3 Å². The van der Waals surface area contributed by atoms with E-state index in [2.05, 4.69) is 15.3 Å². The molecule has 1 heterocycles. The maximum atomic E-state index is 11.9. The molecule has 2 rings (SSSR count). The van der Waals surface area contributed by atoms with Crippen LogP contribution in [0.5, 0.6) is 0 Å². The molecule has 0 aliphatic rings. The molecule has 0 aliphatic carbocycles. The van der Waals surface area contributed by atoms with E-state index in [1.807, 2.05) is 32.0 Å². The molecule has 0 radical (unpaired) electrons. The molecule has 1 amide bonds. The van der Waals surface area contributed by atoms with Gasteiger partial charge in [0.25, 0.3) is 5.91 Å². The molecule has 0 aliphatic heterocycles. The van der Waals surface area contributed by atoms with E-state index in [1.54, 1.807) is 0 Å². The van der Waals surface area contributed by atoms with E-state index in [9.17, 15) is 9.59 Å².